The number of alkyl halides is 3. The molecule has 0 unspecified atom stereocenters. The molecule has 7 heteroatoms. The molecule has 0 bridgehead atoms. The maximum absolute atomic E-state index is 11.8. The molecule has 0 aliphatic heterocycles. The third-order valence-electron chi connectivity index (χ3n) is 1.94. The van der Waals surface area contributed by atoms with Crippen molar-refractivity contribution in [3.05, 3.63) is 28.2 Å². The van der Waals surface area contributed by atoms with E-state index in [1.54, 1.807) is 18.2 Å². The van der Waals surface area contributed by atoms with Gasteiger partial charge in [-0.3, -0.25) is 4.79 Å². The summed E-state index contributed by atoms with van der Waals surface area (Å²) in [5.41, 5.74) is 1.42. The zero-order valence-electron chi connectivity index (χ0n) is 9.47. The third kappa shape index (κ3) is 5.50. The molecule has 18 heavy (non-hydrogen) atoms. The summed E-state index contributed by atoms with van der Waals surface area (Å²) >= 11 is 3.30. The van der Waals surface area contributed by atoms with Gasteiger partial charge in [0.15, 0.2) is 0 Å². The predicted octanol–water partition coefficient (Wildman–Crippen LogP) is 3.27. The first-order chi connectivity index (χ1) is 8.28. The minimum atomic E-state index is -4.42. The lowest BCUT2D eigenvalue weighted by Gasteiger charge is -2.09. The summed E-state index contributed by atoms with van der Waals surface area (Å²) < 4.78 is 40.4. The summed E-state index contributed by atoms with van der Waals surface area (Å²) in [5, 5.41) is 2.44. The van der Waals surface area contributed by atoms with Crippen molar-refractivity contribution >= 4 is 27.5 Å². The third-order valence-corrected chi connectivity index (χ3v) is 2.83. The largest absolute Gasteiger partial charge is 0.411 e. The van der Waals surface area contributed by atoms with Gasteiger partial charge in [-0.15, -0.1) is 0 Å². The second kappa shape index (κ2) is 6.19. The normalized spacial score (nSPS) is 11.4. The SMILES string of the molecule is Cc1cc(NC(=O)COCC(F)(F)F)ccc1Br. The van der Waals surface area contributed by atoms with Crippen molar-refractivity contribution < 1.29 is 22.7 Å². The lowest BCUT2D eigenvalue weighted by atomic mass is 10.2. The number of ether oxygens (including phenoxy) is 1. The predicted molar refractivity (Wildman–Crippen MR) is 64.4 cm³/mol. The van der Waals surface area contributed by atoms with Crippen LogP contribution in [0.3, 0.4) is 0 Å². The van der Waals surface area contributed by atoms with E-state index < -0.39 is 25.3 Å². The van der Waals surface area contributed by atoms with Crippen LogP contribution in [0.4, 0.5) is 18.9 Å². The molecule has 100 valence electrons. The van der Waals surface area contributed by atoms with Gasteiger partial charge in [0.25, 0.3) is 0 Å². The number of benzene rings is 1. The van der Waals surface area contributed by atoms with Crippen LogP contribution in [0.2, 0.25) is 0 Å². The number of aryl methyl sites for hydroxylation is 1. The molecular formula is C11H11BrF3NO2. The molecule has 0 atom stereocenters. The van der Waals surface area contributed by atoms with Gasteiger partial charge < -0.3 is 10.1 Å². The molecule has 1 aromatic rings. The molecule has 0 radical (unpaired) electrons. The molecule has 0 heterocycles. The zero-order valence-corrected chi connectivity index (χ0v) is 11.1. The van der Waals surface area contributed by atoms with Gasteiger partial charge >= 0.3 is 6.18 Å². The first-order valence-corrected chi connectivity index (χ1v) is 5.78. The highest BCUT2D eigenvalue weighted by atomic mass is 79.9. The van der Waals surface area contributed by atoms with Crippen molar-refractivity contribution in [2.45, 2.75) is 13.1 Å². The smallest absolute Gasteiger partial charge is 0.362 e. The molecule has 1 aromatic carbocycles. The Labute approximate surface area is 110 Å². The van der Waals surface area contributed by atoms with Crippen molar-refractivity contribution in [3.63, 3.8) is 0 Å². The average molecular weight is 326 g/mol. The van der Waals surface area contributed by atoms with Crippen LogP contribution in [0.15, 0.2) is 22.7 Å². The van der Waals surface area contributed by atoms with Crippen LogP contribution in [-0.4, -0.2) is 25.3 Å². The van der Waals surface area contributed by atoms with Gasteiger partial charge in [-0.2, -0.15) is 13.2 Å². The van der Waals surface area contributed by atoms with E-state index in [0.29, 0.717) is 5.69 Å². The molecule has 0 fully saturated rings. The standard InChI is InChI=1S/C11H11BrF3NO2/c1-7-4-8(2-3-9(7)12)16-10(17)5-18-6-11(13,14)15/h2-4H,5-6H2,1H3,(H,16,17). The van der Waals surface area contributed by atoms with Gasteiger partial charge in [0.05, 0.1) is 0 Å². The Balaban J connectivity index is 2.42. The fraction of sp³-hybridized carbons (Fsp3) is 0.364. The van der Waals surface area contributed by atoms with E-state index in [9.17, 15) is 18.0 Å². The quantitative estimate of drug-likeness (QED) is 0.922. The molecular weight excluding hydrogens is 315 g/mol. The maximum atomic E-state index is 11.8. The average Bonchev–Trinajstić information content (AvgIpc) is 2.21. The van der Waals surface area contributed by atoms with E-state index in [1.807, 2.05) is 6.92 Å². The highest BCUT2D eigenvalue weighted by Crippen LogP contribution is 2.20. The van der Waals surface area contributed by atoms with Crippen molar-refractivity contribution in [1.82, 2.24) is 0 Å². The summed E-state index contributed by atoms with van der Waals surface area (Å²) in [6.45, 7) is -0.228. The van der Waals surface area contributed by atoms with E-state index >= 15 is 0 Å². The number of hydrogen-bond donors (Lipinski definition) is 1. The van der Waals surface area contributed by atoms with E-state index in [1.165, 1.54) is 0 Å². The number of halogens is 4. The van der Waals surface area contributed by atoms with E-state index in [2.05, 4.69) is 26.0 Å². The molecule has 0 spiro atoms. The summed E-state index contributed by atoms with van der Waals surface area (Å²) in [4.78, 5) is 11.3. The van der Waals surface area contributed by atoms with E-state index in [-0.39, 0.29) is 0 Å². The van der Waals surface area contributed by atoms with Gasteiger partial charge in [-0.25, -0.2) is 0 Å². The van der Waals surface area contributed by atoms with E-state index in [4.69, 9.17) is 0 Å². The fourth-order valence-corrected chi connectivity index (χ4v) is 1.43. The highest BCUT2D eigenvalue weighted by Gasteiger charge is 2.27. The number of carbonyl (C=O) groups is 1. The van der Waals surface area contributed by atoms with Crippen LogP contribution < -0.4 is 5.32 Å². The minimum absolute atomic E-state index is 0.510. The fourth-order valence-electron chi connectivity index (χ4n) is 1.18. The first-order valence-electron chi connectivity index (χ1n) is 4.98. The Morgan fingerprint density at radius 2 is 2.11 bits per heavy atom. The number of amides is 1. The van der Waals surface area contributed by atoms with Crippen LogP contribution in [0.1, 0.15) is 5.56 Å². The second-order valence-corrected chi connectivity index (χ2v) is 4.47. The van der Waals surface area contributed by atoms with Gasteiger partial charge in [-0.1, -0.05) is 15.9 Å². The number of hydrogen-bond acceptors (Lipinski definition) is 2. The van der Waals surface area contributed by atoms with Gasteiger partial charge in [0.1, 0.15) is 13.2 Å². The topological polar surface area (TPSA) is 38.3 Å². The molecule has 3 nitrogen and oxygen atoms in total. The molecule has 0 aliphatic rings. The van der Waals surface area contributed by atoms with Crippen LogP contribution in [0.5, 0.6) is 0 Å². The zero-order chi connectivity index (χ0) is 13.8. The Morgan fingerprint density at radius 1 is 1.44 bits per heavy atom. The Bertz CT molecular complexity index is 435. The Morgan fingerprint density at radius 3 is 2.67 bits per heavy atom. The van der Waals surface area contributed by atoms with Gasteiger partial charge in [0, 0.05) is 10.2 Å². The van der Waals surface area contributed by atoms with Crippen molar-refractivity contribution in [1.29, 1.82) is 0 Å². The monoisotopic (exact) mass is 325 g/mol. The molecule has 1 N–H and O–H groups in total. The lowest BCUT2D eigenvalue weighted by Crippen LogP contribution is -2.24. The Hall–Kier alpha value is -1.08. The number of carbonyl (C=O) groups excluding carboxylic acids is 1. The molecule has 0 aromatic heterocycles. The molecule has 0 saturated heterocycles. The second-order valence-electron chi connectivity index (χ2n) is 3.62. The highest BCUT2D eigenvalue weighted by molar-refractivity contribution is 9.10. The van der Waals surface area contributed by atoms with Gasteiger partial charge in [-0.05, 0) is 30.7 Å². The molecule has 0 saturated carbocycles. The van der Waals surface area contributed by atoms with Crippen LogP contribution in [0.25, 0.3) is 0 Å². The first kappa shape index (κ1) is 15.0. The van der Waals surface area contributed by atoms with Gasteiger partial charge in [0.2, 0.25) is 5.91 Å². The molecule has 0 aliphatic carbocycles. The minimum Gasteiger partial charge on any atom is -0.362 e. The van der Waals surface area contributed by atoms with E-state index in [0.717, 1.165) is 10.0 Å². The molecule has 1 rings (SSSR count). The number of rotatable bonds is 4. The van der Waals surface area contributed by atoms with Crippen molar-refractivity contribution in [2.24, 2.45) is 0 Å². The maximum Gasteiger partial charge on any atom is 0.411 e. The lowest BCUT2D eigenvalue weighted by molar-refractivity contribution is -0.174. The van der Waals surface area contributed by atoms with Crippen LogP contribution in [0, 0.1) is 6.92 Å². The number of nitrogens with one attached hydrogen (secondary N) is 1. The van der Waals surface area contributed by atoms with Crippen molar-refractivity contribution in [3.8, 4) is 0 Å². The number of anilines is 1. The molecule has 1 amide bonds. The van der Waals surface area contributed by atoms with Crippen LogP contribution >= 0.6 is 15.9 Å². The van der Waals surface area contributed by atoms with Crippen LogP contribution in [-0.2, 0) is 9.53 Å². The summed E-state index contributed by atoms with van der Waals surface area (Å²) in [6.07, 6.45) is -4.42. The summed E-state index contributed by atoms with van der Waals surface area (Å²) in [7, 11) is 0. The Kier molecular flexibility index (Phi) is 5.15. The summed E-state index contributed by atoms with van der Waals surface area (Å²) in [5.74, 6) is -0.624. The van der Waals surface area contributed by atoms with Crippen molar-refractivity contribution in [2.75, 3.05) is 18.5 Å². The summed E-state index contributed by atoms with van der Waals surface area (Å²) in [6, 6.07) is 5.08.